The van der Waals surface area contributed by atoms with Crippen LogP contribution in [0.5, 0.6) is 0 Å². The minimum absolute atomic E-state index is 0.818. The van der Waals surface area contributed by atoms with Crippen molar-refractivity contribution in [1.29, 1.82) is 0 Å². The fourth-order valence-electron chi connectivity index (χ4n) is 4.07. The Morgan fingerprint density at radius 3 is 2.65 bits per heavy atom. The quantitative estimate of drug-likeness (QED) is 0.892. The van der Waals surface area contributed by atoms with E-state index in [1.807, 2.05) is 11.3 Å². The van der Waals surface area contributed by atoms with Gasteiger partial charge in [-0.3, -0.25) is 4.90 Å². The number of likely N-dealkylation sites (tertiary alicyclic amines) is 1. The Kier molecular flexibility index (Phi) is 3.61. The molecule has 20 heavy (non-hydrogen) atoms. The monoisotopic (exact) mass is 290 g/mol. The highest BCUT2D eigenvalue weighted by atomic mass is 32.1. The van der Waals surface area contributed by atoms with Crippen molar-refractivity contribution in [2.75, 3.05) is 13.1 Å². The molecule has 1 aromatic heterocycles. The van der Waals surface area contributed by atoms with Crippen LogP contribution in [-0.2, 0) is 13.1 Å². The molecule has 0 bridgehead atoms. The van der Waals surface area contributed by atoms with Crippen molar-refractivity contribution in [3.05, 3.63) is 21.4 Å². The van der Waals surface area contributed by atoms with Crippen LogP contribution in [0.1, 0.15) is 47.4 Å². The highest BCUT2D eigenvalue weighted by molar-refractivity contribution is 7.12. The molecule has 0 aromatic carbocycles. The Hall–Kier alpha value is -0.380. The first-order valence-corrected chi connectivity index (χ1v) is 9.13. The van der Waals surface area contributed by atoms with Crippen LogP contribution in [-0.4, -0.2) is 24.0 Å². The first-order valence-electron chi connectivity index (χ1n) is 8.32. The molecule has 3 fully saturated rings. The molecule has 3 heteroatoms. The number of nitrogens with one attached hydrogen (secondary N) is 1. The molecule has 2 heterocycles. The molecule has 3 aliphatic rings. The summed E-state index contributed by atoms with van der Waals surface area (Å²) in [6.45, 7) is 7.29. The van der Waals surface area contributed by atoms with Gasteiger partial charge in [-0.25, -0.2) is 0 Å². The summed E-state index contributed by atoms with van der Waals surface area (Å²) in [5, 5.41) is 3.64. The smallest absolute Gasteiger partial charge is 0.0302 e. The molecule has 1 saturated heterocycles. The molecule has 1 aromatic rings. The van der Waals surface area contributed by atoms with Crippen LogP contribution in [0.4, 0.5) is 0 Å². The van der Waals surface area contributed by atoms with Crippen LogP contribution in [0.3, 0.4) is 0 Å². The molecule has 0 radical (unpaired) electrons. The summed E-state index contributed by atoms with van der Waals surface area (Å²) in [6, 6.07) is 3.28. The minimum Gasteiger partial charge on any atom is -0.309 e. The van der Waals surface area contributed by atoms with Crippen molar-refractivity contribution in [3.63, 3.8) is 0 Å². The Balaban J connectivity index is 1.35. The van der Waals surface area contributed by atoms with Crippen molar-refractivity contribution in [2.45, 2.75) is 58.2 Å². The SMILES string of the molecule is Cc1sc(CNC2CC2)cc1CN1CC2CCCC2C1. The molecular formula is C17H26N2S. The number of hydrogen-bond donors (Lipinski definition) is 1. The molecule has 2 atom stereocenters. The van der Waals surface area contributed by atoms with Crippen molar-refractivity contribution in [3.8, 4) is 0 Å². The van der Waals surface area contributed by atoms with Crippen LogP contribution in [0, 0.1) is 18.8 Å². The minimum atomic E-state index is 0.818. The van der Waals surface area contributed by atoms with E-state index >= 15 is 0 Å². The summed E-state index contributed by atoms with van der Waals surface area (Å²) < 4.78 is 0. The van der Waals surface area contributed by atoms with Crippen molar-refractivity contribution < 1.29 is 0 Å². The van der Waals surface area contributed by atoms with Gasteiger partial charge in [-0.15, -0.1) is 11.3 Å². The topological polar surface area (TPSA) is 15.3 Å². The number of hydrogen-bond acceptors (Lipinski definition) is 3. The molecule has 2 unspecified atom stereocenters. The molecule has 110 valence electrons. The van der Waals surface area contributed by atoms with E-state index in [9.17, 15) is 0 Å². The molecule has 2 saturated carbocycles. The van der Waals surface area contributed by atoms with Gasteiger partial charge < -0.3 is 5.32 Å². The molecule has 2 aliphatic carbocycles. The molecule has 4 rings (SSSR count). The average Bonchev–Trinajstić information content (AvgIpc) is 2.86. The number of nitrogens with zero attached hydrogens (tertiary/aromatic N) is 1. The molecule has 1 aliphatic heterocycles. The Bertz CT molecular complexity index is 465. The lowest BCUT2D eigenvalue weighted by Crippen LogP contribution is -2.21. The molecule has 0 amide bonds. The van der Waals surface area contributed by atoms with E-state index in [1.165, 1.54) is 61.5 Å². The van der Waals surface area contributed by atoms with Crippen LogP contribution in [0.2, 0.25) is 0 Å². The van der Waals surface area contributed by atoms with Gasteiger partial charge in [-0.05, 0) is 56.1 Å². The van der Waals surface area contributed by atoms with Gasteiger partial charge in [0.05, 0.1) is 0 Å². The lowest BCUT2D eigenvalue weighted by Gasteiger charge is -2.16. The first kappa shape index (κ1) is 13.3. The van der Waals surface area contributed by atoms with E-state index < -0.39 is 0 Å². The van der Waals surface area contributed by atoms with Gasteiger partial charge in [-0.2, -0.15) is 0 Å². The van der Waals surface area contributed by atoms with Crippen LogP contribution in [0.25, 0.3) is 0 Å². The predicted molar refractivity (Wildman–Crippen MR) is 85.0 cm³/mol. The van der Waals surface area contributed by atoms with Crippen LogP contribution >= 0.6 is 11.3 Å². The Morgan fingerprint density at radius 2 is 1.95 bits per heavy atom. The first-order chi connectivity index (χ1) is 9.78. The van der Waals surface area contributed by atoms with Crippen molar-refractivity contribution in [1.82, 2.24) is 10.2 Å². The summed E-state index contributed by atoms with van der Waals surface area (Å²) in [5.74, 6) is 2.04. The highest BCUT2D eigenvalue weighted by Gasteiger charge is 2.35. The van der Waals surface area contributed by atoms with E-state index in [0.29, 0.717) is 0 Å². The zero-order valence-electron chi connectivity index (χ0n) is 12.5. The van der Waals surface area contributed by atoms with E-state index in [2.05, 4.69) is 23.2 Å². The molecule has 2 nitrogen and oxygen atoms in total. The lowest BCUT2D eigenvalue weighted by molar-refractivity contribution is 0.303. The third-order valence-electron chi connectivity index (χ3n) is 5.41. The van der Waals surface area contributed by atoms with Gasteiger partial charge in [0.1, 0.15) is 0 Å². The number of thiophene rings is 1. The molecule has 0 spiro atoms. The summed E-state index contributed by atoms with van der Waals surface area (Å²) in [5.41, 5.74) is 1.59. The second kappa shape index (κ2) is 5.43. The lowest BCUT2D eigenvalue weighted by atomic mass is 10.0. The summed E-state index contributed by atoms with van der Waals surface area (Å²) in [7, 11) is 0. The van der Waals surface area contributed by atoms with Gasteiger partial charge in [0.2, 0.25) is 0 Å². The fraction of sp³-hybridized carbons (Fsp3) is 0.765. The number of fused-ring (bicyclic) bond motifs is 1. The van der Waals surface area contributed by atoms with Crippen molar-refractivity contribution in [2.24, 2.45) is 11.8 Å². The van der Waals surface area contributed by atoms with E-state index in [0.717, 1.165) is 24.4 Å². The molecular weight excluding hydrogens is 264 g/mol. The number of rotatable bonds is 5. The maximum atomic E-state index is 3.64. The average molecular weight is 290 g/mol. The second-order valence-electron chi connectivity index (χ2n) is 7.09. The van der Waals surface area contributed by atoms with Gasteiger partial charge in [-0.1, -0.05) is 6.42 Å². The van der Waals surface area contributed by atoms with Crippen LogP contribution in [0.15, 0.2) is 6.07 Å². The predicted octanol–water partition coefficient (Wildman–Crippen LogP) is 3.54. The summed E-state index contributed by atoms with van der Waals surface area (Å²) in [6.07, 6.45) is 7.22. The van der Waals surface area contributed by atoms with Crippen molar-refractivity contribution >= 4 is 11.3 Å². The zero-order chi connectivity index (χ0) is 13.5. The standard InChI is InChI=1S/C17H26N2S/c1-12-15(7-17(20-12)8-18-16-5-6-16)11-19-9-13-3-2-4-14(13)10-19/h7,13-14,16,18H,2-6,8-11H2,1H3. The van der Waals surface area contributed by atoms with Crippen LogP contribution < -0.4 is 5.32 Å². The van der Waals surface area contributed by atoms with E-state index in [4.69, 9.17) is 0 Å². The maximum Gasteiger partial charge on any atom is 0.0302 e. The summed E-state index contributed by atoms with van der Waals surface area (Å²) in [4.78, 5) is 5.78. The highest BCUT2D eigenvalue weighted by Crippen LogP contribution is 2.38. The summed E-state index contributed by atoms with van der Waals surface area (Å²) >= 11 is 2.00. The normalized spacial score (nSPS) is 30.1. The fourth-order valence-corrected chi connectivity index (χ4v) is 5.07. The maximum absolute atomic E-state index is 3.64. The Morgan fingerprint density at radius 1 is 1.20 bits per heavy atom. The largest absolute Gasteiger partial charge is 0.309 e. The van der Waals surface area contributed by atoms with Gasteiger partial charge in [0, 0.05) is 42.0 Å². The Labute approximate surface area is 126 Å². The van der Waals surface area contributed by atoms with E-state index in [1.54, 1.807) is 5.56 Å². The third-order valence-corrected chi connectivity index (χ3v) is 6.50. The molecule has 1 N–H and O–H groups in total. The number of aryl methyl sites for hydroxylation is 1. The van der Waals surface area contributed by atoms with E-state index in [-0.39, 0.29) is 0 Å². The van der Waals surface area contributed by atoms with Gasteiger partial charge >= 0.3 is 0 Å². The third kappa shape index (κ3) is 2.81. The zero-order valence-corrected chi connectivity index (χ0v) is 13.3. The second-order valence-corrected chi connectivity index (χ2v) is 8.44. The van der Waals surface area contributed by atoms with Gasteiger partial charge in [0.15, 0.2) is 0 Å². The van der Waals surface area contributed by atoms with Gasteiger partial charge in [0.25, 0.3) is 0 Å².